The SMILES string of the molecule is C=CCNc1nc(=O)n(-c2cccnc2C)c2cc(Cl)cc(OC)c12. The van der Waals surface area contributed by atoms with Gasteiger partial charge in [0.2, 0.25) is 0 Å². The van der Waals surface area contributed by atoms with Gasteiger partial charge in [-0.2, -0.15) is 4.98 Å². The van der Waals surface area contributed by atoms with Crippen LogP contribution in [0.3, 0.4) is 0 Å². The predicted octanol–water partition coefficient (Wildman–Crippen LogP) is 3.35. The Labute approximate surface area is 149 Å². The van der Waals surface area contributed by atoms with Gasteiger partial charge in [0.15, 0.2) is 0 Å². The van der Waals surface area contributed by atoms with Crippen molar-refractivity contribution in [3.05, 3.63) is 64.3 Å². The van der Waals surface area contributed by atoms with Crippen LogP contribution in [-0.2, 0) is 0 Å². The number of anilines is 1. The van der Waals surface area contributed by atoms with Crippen molar-refractivity contribution in [2.45, 2.75) is 6.92 Å². The molecule has 1 aromatic carbocycles. The number of rotatable bonds is 5. The lowest BCUT2D eigenvalue weighted by atomic mass is 10.2. The Hall–Kier alpha value is -2.86. The number of methoxy groups -OCH3 is 1. The van der Waals surface area contributed by atoms with Crippen molar-refractivity contribution in [2.75, 3.05) is 19.0 Å². The number of aromatic nitrogens is 3. The molecule has 0 atom stereocenters. The fourth-order valence-corrected chi connectivity index (χ4v) is 2.89. The molecule has 0 aliphatic carbocycles. The number of pyridine rings is 1. The molecule has 3 aromatic rings. The second-order valence-electron chi connectivity index (χ2n) is 5.36. The number of aryl methyl sites for hydroxylation is 1. The summed E-state index contributed by atoms with van der Waals surface area (Å²) in [6.45, 7) is 5.97. The molecule has 6 nitrogen and oxygen atoms in total. The van der Waals surface area contributed by atoms with E-state index in [2.05, 4.69) is 21.9 Å². The molecule has 0 saturated carbocycles. The summed E-state index contributed by atoms with van der Waals surface area (Å²) < 4.78 is 6.96. The van der Waals surface area contributed by atoms with E-state index < -0.39 is 5.69 Å². The van der Waals surface area contributed by atoms with E-state index in [4.69, 9.17) is 16.3 Å². The third-order valence-corrected chi connectivity index (χ3v) is 3.99. The quantitative estimate of drug-likeness (QED) is 0.710. The lowest BCUT2D eigenvalue weighted by Crippen LogP contribution is -2.24. The number of hydrogen-bond acceptors (Lipinski definition) is 5. The lowest BCUT2D eigenvalue weighted by Gasteiger charge is -2.16. The van der Waals surface area contributed by atoms with Gasteiger partial charge in [-0.05, 0) is 31.2 Å². The van der Waals surface area contributed by atoms with Crippen LogP contribution in [0.5, 0.6) is 5.75 Å². The molecule has 0 aliphatic rings. The van der Waals surface area contributed by atoms with Gasteiger partial charge in [0, 0.05) is 17.8 Å². The fourth-order valence-electron chi connectivity index (χ4n) is 2.69. The fraction of sp³-hybridized carbons (Fsp3) is 0.167. The average molecular weight is 357 g/mol. The van der Waals surface area contributed by atoms with Crippen molar-refractivity contribution in [3.63, 3.8) is 0 Å². The molecule has 0 radical (unpaired) electrons. The smallest absolute Gasteiger partial charge is 0.354 e. The zero-order chi connectivity index (χ0) is 18.0. The normalized spacial score (nSPS) is 10.7. The van der Waals surface area contributed by atoms with Crippen LogP contribution < -0.4 is 15.7 Å². The molecule has 3 rings (SSSR count). The van der Waals surface area contributed by atoms with Crippen LogP contribution in [0.15, 0.2) is 47.9 Å². The highest BCUT2D eigenvalue weighted by atomic mass is 35.5. The number of fused-ring (bicyclic) bond motifs is 1. The van der Waals surface area contributed by atoms with E-state index in [9.17, 15) is 4.79 Å². The molecule has 25 heavy (non-hydrogen) atoms. The summed E-state index contributed by atoms with van der Waals surface area (Å²) in [5, 5.41) is 4.21. The molecule has 0 unspecified atom stereocenters. The Morgan fingerprint density at radius 1 is 1.44 bits per heavy atom. The second kappa shape index (κ2) is 6.94. The van der Waals surface area contributed by atoms with Crippen molar-refractivity contribution in [1.29, 1.82) is 0 Å². The highest BCUT2D eigenvalue weighted by Gasteiger charge is 2.18. The molecule has 1 N–H and O–H groups in total. The molecule has 7 heteroatoms. The van der Waals surface area contributed by atoms with Gasteiger partial charge in [-0.3, -0.25) is 9.55 Å². The first-order valence-corrected chi connectivity index (χ1v) is 8.01. The van der Waals surface area contributed by atoms with Gasteiger partial charge in [0.1, 0.15) is 11.6 Å². The minimum Gasteiger partial charge on any atom is -0.496 e. The second-order valence-corrected chi connectivity index (χ2v) is 5.79. The van der Waals surface area contributed by atoms with E-state index in [-0.39, 0.29) is 0 Å². The number of nitrogens with zero attached hydrogens (tertiary/aromatic N) is 3. The third-order valence-electron chi connectivity index (χ3n) is 3.78. The lowest BCUT2D eigenvalue weighted by molar-refractivity contribution is 0.419. The maximum Gasteiger partial charge on any atom is 0.354 e. The van der Waals surface area contributed by atoms with Gasteiger partial charge < -0.3 is 10.1 Å². The van der Waals surface area contributed by atoms with Gasteiger partial charge in [-0.1, -0.05) is 17.7 Å². The predicted molar refractivity (Wildman–Crippen MR) is 100 cm³/mol. The standard InChI is InChI=1S/C18H17ClN4O2/c1-4-7-21-17-16-14(9-12(19)10-15(16)25-3)23(18(24)22-17)13-6-5-8-20-11(13)2/h4-6,8-10H,1,7H2,2-3H3,(H,21,22,24). The topological polar surface area (TPSA) is 69.0 Å². The van der Waals surface area contributed by atoms with E-state index in [1.54, 1.807) is 37.6 Å². The number of nitrogens with one attached hydrogen (secondary N) is 1. The van der Waals surface area contributed by atoms with Crippen molar-refractivity contribution >= 4 is 28.3 Å². The summed E-state index contributed by atoms with van der Waals surface area (Å²) in [4.78, 5) is 21.2. The molecule has 128 valence electrons. The minimum absolute atomic E-state index is 0.422. The Morgan fingerprint density at radius 2 is 2.24 bits per heavy atom. The van der Waals surface area contributed by atoms with Crippen LogP contribution in [0.1, 0.15) is 5.69 Å². The van der Waals surface area contributed by atoms with Crippen molar-refractivity contribution < 1.29 is 4.74 Å². The molecular weight excluding hydrogens is 340 g/mol. The largest absolute Gasteiger partial charge is 0.496 e. The molecule has 0 saturated heterocycles. The molecular formula is C18H17ClN4O2. The third kappa shape index (κ3) is 3.08. The van der Waals surface area contributed by atoms with Crippen LogP contribution in [0, 0.1) is 6.92 Å². The van der Waals surface area contributed by atoms with Crippen LogP contribution in [-0.4, -0.2) is 28.2 Å². The Balaban J connectivity index is 2.45. The maximum atomic E-state index is 12.8. The van der Waals surface area contributed by atoms with E-state index in [0.29, 0.717) is 45.4 Å². The van der Waals surface area contributed by atoms with E-state index in [0.717, 1.165) is 0 Å². The van der Waals surface area contributed by atoms with Crippen molar-refractivity contribution in [1.82, 2.24) is 14.5 Å². The van der Waals surface area contributed by atoms with E-state index in [1.807, 2.05) is 13.0 Å². The first-order chi connectivity index (χ1) is 12.1. The summed E-state index contributed by atoms with van der Waals surface area (Å²) >= 11 is 6.24. The molecule has 0 bridgehead atoms. The highest BCUT2D eigenvalue weighted by molar-refractivity contribution is 6.31. The Kier molecular flexibility index (Phi) is 4.72. The van der Waals surface area contributed by atoms with Gasteiger partial charge in [-0.25, -0.2) is 4.79 Å². The Bertz CT molecular complexity index is 1010. The first kappa shape index (κ1) is 17.0. The van der Waals surface area contributed by atoms with Crippen LogP contribution in [0.25, 0.3) is 16.6 Å². The molecule has 0 aliphatic heterocycles. The molecule has 0 spiro atoms. The number of benzene rings is 1. The van der Waals surface area contributed by atoms with Gasteiger partial charge in [0.05, 0.1) is 29.4 Å². The van der Waals surface area contributed by atoms with E-state index >= 15 is 0 Å². The van der Waals surface area contributed by atoms with Crippen LogP contribution >= 0.6 is 11.6 Å². The molecule has 2 aromatic heterocycles. The number of hydrogen-bond donors (Lipinski definition) is 1. The van der Waals surface area contributed by atoms with Crippen LogP contribution in [0.2, 0.25) is 5.02 Å². The summed E-state index contributed by atoms with van der Waals surface area (Å²) in [7, 11) is 1.55. The zero-order valence-corrected chi connectivity index (χ0v) is 14.7. The summed E-state index contributed by atoms with van der Waals surface area (Å²) in [5.74, 6) is 0.947. The van der Waals surface area contributed by atoms with Crippen LogP contribution in [0.4, 0.5) is 5.82 Å². The van der Waals surface area contributed by atoms with Crippen molar-refractivity contribution in [2.24, 2.45) is 0 Å². The average Bonchev–Trinajstić information content (AvgIpc) is 2.60. The minimum atomic E-state index is -0.431. The van der Waals surface area contributed by atoms with Crippen molar-refractivity contribution in [3.8, 4) is 11.4 Å². The summed E-state index contributed by atoms with van der Waals surface area (Å²) in [5.41, 5.74) is 1.51. The van der Waals surface area contributed by atoms with Gasteiger partial charge >= 0.3 is 5.69 Å². The number of halogens is 1. The molecule has 0 fully saturated rings. The summed E-state index contributed by atoms with van der Waals surface area (Å²) in [6.07, 6.45) is 3.36. The maximum absolute atomic E-state index is 12.8. The summed E-state index contributed by atoms with van der Waals surface area (Å²) in [6, 6.07) is 6.99. The Morgan fingerprint density at radius 3 is 2.92 bits per heavy atom. The van der Waals surface area contributed by atoms with Gasteiger partial charge in [0.25, 0.3) is 0 Å². The first-order valence-electron chi connectivity index (χ1n) is 7.64. The molecule has 0 amide bonds. The van der Waals surface area contributed by atoms with Gasteiger partial charge in [-0.15, -0.1) is 6.58 Å². The van der Waals surface area contributed by atoms with E-state index in [1.165, 1.54) is 4.57 Å². The zero-order valence-electron chi connectivity index (χ0n) is 13.9. The monoisotopic (exact) mass is 356 g/mol. The molecule has 2 heterocycles. The number of ether oxygens (including phenoxy) is 1. The highest BCUT2D eigenvalue weighted by Crippen LogP contribution is 2.34.